The molecule has 3 aromatic rings. The van der Waals surface area contributed by atoms with Crippen molar-refractivity contribution >= 4 is 34.7 Å². The number of carbonyl (C=O) groups excluding carboxylic acids is 2. The van der Waals surface area contributed by atoms with Crippen LogP contribution >= 0.6 is 0 Å². The van der Waals surface area contributed by atoms with Crippen molar-refractivity contribution in [2.75, 3.05) is 12.0 Å². The van der Waals surface area contributed by atoms with Gasteiger partial charge in [0.05, 0.1) is 35.8 Å². The average Bonchev–Trinajstić information content (AvgIpc) is 3.32. The predicted molar refractivity (Wildman–Crippen MR) is 148 cm³/mol. The van der Waals surface area contributed by atoms with Crippen LogP contribution in [0.25, 0.3) is 11.0 Å². The third-order valence-electron chi connectivity index (χ3n) is 8.24. The second-order valence-corrected chi connectivity index (χ2v) is 10.8. The molecule has 39 heavy (non-hydrogen) atoms. The quantitative estimate of drug-likeness (QED) is 0.452. The monoisotopic (exact) mass is 532 g/mol. The van der Waals surface area contributed by atoms with Gasteiger partial charge in [-0.1, -0.05) is 30.3 Å². The minimum Gasteiger partial charge on any atom is -0.481 e. The molecule has 2 amide bonds. The molecule has 0 spiro atoms. The Kier molecular flexibility index (Phi) is 7.59. The zero-order valence-corrected chi connectivity index (χ0v) is 22.7. The Morgan fingerprint density at radius 3 is 2.44 bits per heavy atom. The Morgan fingerprint density at radius 2 is 1.79 bits per heavy atom. The Labute approximate surface area is 228 Å². The lowest BCUT2D eigenvalue weighted by Gasteiger charge is -2.34. The average molecular weight is 533 g/mol. The number of hydrogen-bond donors (Lipinski definition) is 2. The number of methoxy groups -OCH3 is 1. The van der Waals surface area contributed by atoms with E-state index in [1.54, 1.807) is 4.90 Å². The van der Waals surface area contributed by atoms with Crippen molar-refractivity contribution in [3.63, 3.8) is 0 Å². The lowest BCUT2D eigenvalue weighted by molar-refractivity contribution is -0.143. The molecule has 1 fully saturated rings. The number of anilines is 1. The fourth-order valence-electron chi connectivity index (χ4n) is 6.31. The Bertz CT molecular complexity index is 1380. The molecule has 0 bridgehead atoms. The van der Waals surface area contributed by atoms with Crippen molar-refractivity contribution < 1.29 is 24.2 Å². The topological polar surface area (TPSA) is 114 Å². The number of carboxylic acid groups (broad SMARTS) is 1. The summed E-state index contributed by atoms with van der Waals surface area (Å²) in [5.74, 6) is -0.454. The van der Waals surface area contributed by atoms with E-state index in [2.05, 4.69) is 9.88 Å². The first-order valence-electron chi connectivity index (χ1n) is 13.7. The second-order valence-electron chi connectivity index (χ2n) is 10.8. The van der Waals surface area contributed by atoms with E-state index in [1.165, 1.54) is 14.0 Å². The molecule has 2 aromatic carbocycles. The Morgan fingerprint density at radius 1 is 1.08 bits per heavy atom. The smallest absolute Gasteiger partial charge is 0.414 e. The molecule has 2 atom stereocenters. The largest absolute Gasteiger partial charge is 0.481 e. The molecule has 1 aliphatic carbocycles. The fourth-order valence-corrected chi connectivity index (χ4v) is 6.31. The molecule has 2 N–H and O–H groups in total. The maximum absolute atomic E-state index is 12.7. The van der Waals surface area contributed by atoms with Crippen LogP contribution in [0.5, 0.6) is 0 Å². The third-order valence-corrected chi connectivity index (χ3v) is 8.24. The summed E-state index contributed by atoms with van der Waals surface area (Å²) >= 11 is 0. The molecule has 9 heteroatoms. The van der Waals surface area contributed by atoms with E-state index in [-0.39, 0.29) is 30.0 Å². The van der Waals surface area contributed by atoms with Gasteiger partial charge in [0.1, 0.15) is 5.82 Å². The van der Waals surface area contributed by atoms with Crippen molar-refractivity contribution in [1.29, 1.82) is 0 Å². The minimum atomic E-state index is -0.740. The maximum atomic E-state index is 12.7. The molecule has 1 aromatic heterocycles. The van der Waals surface area contributed by atoms with Crippen molar-refractivity contribution in [3.05, 3.63) is 59.4 Å². The van der Waals surface area contributed by atoms with Crippen LogP contribution in [-0.4, -0.2) is 45.8 Å². The van der Waals surface area contributed by atoms with Crippen molar-refractivity contribution in [2.24, 2.45) is 5.92 Å². The highest BCUT2D eigenvalue weighted by molar-refractivity contribution is 5.95. The summed E-state index contributed by atoms with van der Waals surface area (Å²) in [7, 11) is 1.39. The number of carbonyl (C=O) groups is 3. The molecule has 9 nitrogen and oxygen atoms in total. The SMILES string of the molecule is COC(=O)N1c2ccc3c(nc([C@H](Cc4ccccc4)NC(C)=O)n3C3CCC(C(=O)O)CC3)c2CCC1C. The number of aromatic nitrogens is 2. The number of carboxylic acids is 1. The maximum Gasteiger partial charge on any atom is 0.414 e. The summed E-state index contributed by atoms with van der Waals surface area (Å²) in [5, 5.41) is 12.7. The van der Waals surface area contributed by atoms with E-state index in [0.29, 0.717) is 19.3 Å². The molecule has 206 valence electrons. The van der Waals surface area contributed by atoms with Gasteiger partial charge in [-0.2, -0.15) is 0 Å². The van der Waals surface area contributed by atoms with Crippen LogP contribution in [0, 0.1) is 5.92 Å². The molecule has 2 heterocycles. The molecular weight excluding hydrogens is 496 g/mol. The molecular formula is C30H36N4O5. The van der Waals surface area contributed by atoms with Crippen LogP contribution in [0.1, 0.15) is 75.0 Å². The van der Waals surface area contributed by atoms with Gasteiger partial charge < -0.3 is 19.7 Å². The van der Waals surface area contributed by atoms with Crippen LogP contribution in [0.3, 0.4) is 0 Å². The number of nitrogens with one attached hydrogen (secondary N) is 1. The normalized spacial score (nSPS) is 21.7. The number of fused-ring (bicyclic) bond motifs is 3. The number of amides is 2. The number of aryl methyl sites for hydroxylation is 1. The van der Waals surface area contributed by atoms with Crippen molar-refractivity contribution in [1.82, 2.24) is 14.9 Å². The third kappa shape index (κ3) is 5.22. The van der Waals surface area contributed by atoms with E-state index in [1.807, 2.05) is 49.4 Å². The lowest BCUT2D eigenvalue weighted by Crippen LogP contribution is -2.42. The lowest BCUT2D eigenvalue weighted by atomic mass is 9.85. The summed E-state index contributed by atoms with van der Waals surface area (Å²) in [6.07, 6.45) is 4.37. The number of imidazole rings is 1. The second kappa shape index (κ2) is 11.1. The highest BCUT2D eigenvalue weighted by Gasteiger charge is 2.35. The number of rotatable bonds is 6. The van der Waals surface area contributed by atoms with Crippen LogP contribution in [0.4, 0.5) is 10.5 Å². The van der Waals surface area contributed by atoms with Crippen molar-refractivity contribution in [2.45, 2.75) is 76.9 Å². The van der Waals surface area contributed by atoms with Gasteiger partial charge in [0.25, 0.3) is 0 Å². The van der Waals surface area contributed by atoms with E-state index >= 15 is 0 Å². The first kappa shape index (κ1) is 26.7. The Hall–Kier alpha value is -3.88. The van der Waals surface area contributed by atoms with Gasteiger partial charge in [-0.15, -0.1) is 0 Å². The van der Waals surface area contributed by atoms with E-state index in [0.717, 1.165) is 59.4 Å². The highest BCUT2D eigenvalue weighted by Crippen LogP contribution is 2.41. The predicted octanol–water partition coefficient (Wildman–Crippen LogP) is 5.18. The van der Waals surface area contributed by atoms with Crippen LogP contribution < -0.4 is 10.2 Å². The van der Waals surface area contributed by atoms with E-state index in [4.69, 9.17) is 9.72 Å². The highest BCUT2D eigenvalue weighted by atomic mass is 16.5. The molecule has 0 radical (unpaired) electrons. The number of hydrogen-bond acceptors (Lipinski definition) is 5. The molecule has 1 aliphatic heterocycles. The molecule has 2 aliphatic rings. The fraction of sp³-hybridized carbons (Fsp3) is 0.467. The summed E-state index contributed by atoms with van der Waals surface area (Å²) in [5.41, 5.74) is 4.66. The number of ether oxygens (including phenoxy) is 1. The molecule has 1 saturated carbocycles. The minimum absolute atomic E-state index is 0.000427. The summed E-state index contributed by atoms with van der Waals surface area (Å²) in [6, 6.07) is 13.7. The summed E-state index contributed by atoms with van der Waals surface area (Å²) in [4.78, 5) is 43.6. The molecule has 5 rings (SSSR count). The van der Waals surface area contributed by atoms with Gasteiger partial charge >= 0.3 is 12.1 Å². The van der Waals surface area contributed by atoms with E-state index in [9.17, 15) is 19.5 Å². The van der Waals surface area contributed by atoms with Gasteiger partial charge in [-0.05, 0) is 69.6 Å². The zero-order chi connectivity index (χ0) is 27.7. The zero-order valence-electron chi connectivity index (χ0n) is 22.7. The standard InChI is InChI=1S/C30H36N4O5/c1-18-9-14-23-25(33(18)30(38)39-3)15-16-26-27(23)32-28(34(26)22-12-10-21(11-13-22)29(36)37)24(31-19(2)35)17-20-7-5-4-6-8-20/h4-8,15-16,18,21-22,24H,9-14,17H2,1-3H3,(H,31,35)(H,36,37)/t18?,21?,22?,24-/m0/s1. The first-order chi connectivity index (χ1) is 18.8. The van der Waals surface area contributed by atoms with Gasteiger partial charge in [0.2, 0.25) is 5.91 Å². The number of nitrogens with zero attached hydrogens (tertiary/aromatic N) is 3. The Balaban J connectivity index is 1.66. The van der Waals surface area contributed by atoms with Crippen molar-refractivity contribution in [3.8, 4) is 0 Å². The summed E-state index contributed by atoms with van der Waals surface area (Å²) < 4.78 is 7.33. The van der Waals surface area contributed by atoms with Gasteiger partial charge in [-0.25, -0.2) is 9.78 Å². The van der Waals surface area contributed by atoms with Crippen LogP contribution in [0.15, 0.2) is 42.5 Å². The summed E-state index contributed by atoms with van der Waals surface area (Å²) in [6.45, 7) is 3.53. The number of aliphatic carboxylic acids is 1. The van der Waals surface area contributed by atoms with Crippen LogP contribution in [0.2, 0.25) is 0 Å². The molecule has 1 unspecified atom stereocenters. The van der Waals surface area contributed by atoms with E-state index < -0.39 is 12.1 Å². The molecule has 0 saturated heterocycles. The first-order valence-corrected chi connectivity index (χ1v) is 13.7. The van der Waals surface area contributed by atoms with Gasteiger partial charge in [0.15, 0.2) is 0 Å². The van der Waals surface area contributed by atoms with Gasteiger partial charge in [-0.3, -0.25) is 14.5 Å². The number of benzene rings is 2. The van der Waals surface area contributed by atoms with Crippen LogP contribution in [-0.2, 0) is 27.2 Å². The van der Waals surface area contributed by atoms with Gasteiger partial charge in [0, 0.05) is 24.6 Å².